The molecule has 3 aromatic carbocycles. The van der Waals surface area contributed by atoms with Gasteiger partial charge in [-0.25, -0.2) is 0 Å². The van der Waals surface area contributed by atoms with E-state index in [9.17, 15) is 9.59 Å². The summed E-state index contributed by atoms with van der Waals surface area (Å²) in [6, 6.07) is 22.1. The lowest BCUT2D eigenvalue weighted by Crippen LogP contribution is -2.35. The average molecular weight is 484 g/mol. The van der Waals surface area contributed by atoms with Gasteiger partial charge >= 0.3 is 0 Å². The number of carbonyl (C=O) groups is 2. The predicted molar refractivity (Wildman–Crippen MR) is 141 cm³/mol. The van der Waals surface area contributed by atoms with E-state index < -0.39 is 0 Å². The van der Waals surface area contributed by atoms with E-state index in [4.69, 9.17) is 4.74 Å². The van der Waals surface area contributed by atoms with Crippen LogP contribution in [-0.2, 0) is 17.8 Å². The van der Waals surface area contributed by atoms with Gasteiger partial charge in [-0.1, -0.05) is 42.5 Å². The molecule has 0 spiro atoms. The van der Waals surface area contributed by atoms with Crippen LogP contribution in [0.1, 0.15) is 50.2 Å². The summed E-state index contributed by atoms with van der Waals surface area (Å²) in [6.45, 7) is 6.98. The van der Waals surface area contributed by atoms with E-state index in [1.54, 1.807) is 0 Å². The number of nitrogens with one attached hydrogen (secondary N) is 2. The van der Waals surface area contributed by atoms with Gasteiger partial charge in [-0.2, -0.15) is 0 Å². The number of aryl methyl sites for hydroxylation is 1. The summed E-state index contributed by atoms with van der Waals surface area (Å²) in [5.74, 6) is -0.128. The molecule has 0 unspecified atom stereocenters. The summed E-state index contributed by atoms with van der Waals surface area (Å²) in [4.78, 5) is 27.6. The highest BCUT2D eigenvalue weighted by molar-refractivity contribution is 5.97. The third-order valence-corrected chi connectivity index (χ3v) is 6.86. The maximum atomic E-state index is 12.7. The highest BCUT2D eigenvalue weighted by Crippen LogP contribution is 2.26. The third-order valence-electron chi connectivity index (χ3n) is 6.86. The van der Waals surface area contributed by atoms with Gasteiger partial charge in [0.25, 0.3) is 11.8 Å². The molecule has 3 aromatic rings. The molecule has 1 heterocycles. The molecule has 0 bridgehead atoms. The molecule has 6 heteroatoms. The number of amides is 2. The van der Waals surface area contributed by atoms with E-state index >= 15 is 0 Å². The molecule has 2 fully saturated rings. The fraction of sp³-hybridized carbons (Fsp3) is 0.333. The zero-order chi connectivity index (χ0) is 24.9. The number of nitrogens with zero attached hydrogens (tertiary/aromatic N) is 1. The molecular formula is C30H33N3O3. The fourth-order valence-electron chi connectivity index (χ4n) is 4.44. The van der Waals surface area contributed by atoms with Crippen molar-refractivity contribution >= 4 is 11.8 Å². The highest BCUT2D eigenvalue weighted by Gasteiger charge is 2.24. The van der Waals surface area contributed by atoms with Gasteiger partial charge in [0.1, 0.15) is 0 Å². The fourth-order valence-corrected chi connectivity index (χ4v) is 4.44. The number of benzene rings is 3. The molecular weight excluding hydrogens is 450 g/mol. The molecule has 0 aromatic heterocycles. The number of hydrogen-bond acceptors (Lipinski definition) is 4. The zero-order valence-electron chi connectivity index (χ0n) is 20.8. The van der Waals surface area contributed by atoms with Crippen molar-refractivity contribution < 1.29 is 14.3 Å². The van der Waals surface area contributed by atoms with Crippen LogP contribution in [-0.4, -0.2) is 49.1 Å². The monoisotopic (exact) mass is 483 g/mol. The molecule has 6 nitrogen and oxygen atoms in total. The lowest BCUT2D eigenvalue weighted by Gasteiger charge is -2.26. The normalized spacial score (nSPS) is 15.9. The Balaban J connectivity index is 1.17. The molecule has 1 aliphatic carbocycles. The minimum Gasteiger partial charge on any atom is -0.379 e. The van der Waals surface area contributed by atoms with E-state index in [2.05, 4.69) is 39.8 Å². The largest absolute Gasteiger partial charge is 0.379 e. The maximum absolute atomic E-state index is 12.7. The van der Waals surface area contributed by atoms with Crippen molar-refractivity contribution in [3.63, 3.8) is 0 Å². The number of rotatable bonds is 8. The number of carbonyl (C=O) groups excluding carboxylic acids is 2. The van der Waals surface area contributed by atoms with Gasteiger partial charge in [-0.05, 0) is 71.8 Å². The van der Waals surface area contributed by atoms with Crippen LogP contribution in [0.5, 0.6) is 0 Å². The second-order valence-electron chi connectivity index (χ2n) is 9.74. The maximum Gasteiger partial charge on any atom is 0.251 e. The van der Waals surface area contributed by atoms with Crippen LogP contribution >= 0.6 is 0 Å². The third kappa shape index (κ3) is 6.20. The average Bonchev–Trinajstić information content (AvgIpc) is 3.73. The summed E-state index contributed by atoms with van der Waals surface area (Å²) in [6.07, 6.45) is 2.13. The summed E-state index contributed by atoms with van der Waals surface area (Å²) < 4.78 is 5.41. The van der Waals surface area contributed by atoms with E-state index in [0.717, 1.165) is 67.9 Å². The van der Waals surface area contributed by atoms with Gasteiger partial charge in [-0.3, -0.25) is 14.5 Å². The Morgan fingerprint density at radius 2 is 1.53 bits per heavy atom. The van der Waals surface area contributed by atoms with Crippen molar-refractivity contribution in [2.75, 3.05) is 26.3 Å². The van der Waals surface area contributed by atoms with Crippen molar-refractivity contribution in [3.05, 3.63) is 94.5 Å². The van der Waals surface area contributed by atoms with Crippen molar-refractivity contribution in [1.29, 1.82) is 0 Å². The Morgan fingerprint density at radius 1 is 0.861 bits per heavy atom. The van der Waals surface area contributed by atoms with Gasteiger partial charge in [0.15, 0.2) is 0 Å². The molecule has 2 N–H and O–H groups in total. The van der Waals surface area contributed by atoms with Gasteiger partial charge < -0.3 is 15.4 Å². The molecule has 2 amide bonds. The molecule has 2 aliphatic rings. The standard InChI is InChI=1S/C30H33N3O3/c1-21-2-7-26(30(35)32-27-12-13-27)18-28(21)24-8-10-25(11-9-24)29(34)31-19-22-3-5-23(6-4-22)20-33-14-16-36-17-15-33/h2-11,18,27H,12-17,19-20H2,1H3,(H,31,34)(H,32,35). The first-order chi connectivity index (χ1) is 17.5. The van der Waals surface area contributed by atoms with E-state index in [-0.39, 0.29) is 11.8 Å². The van der Waals surface area contributed by atoms with E-state index in [1.807, 2.05) is 49.4 Å². The molecule has 1 saturated carbocycles. The first-order valence-electron chi connectivity index (χ1n) is 12.7. The summed E-state index contributed by atoms with van der Waals surface area (Å²) in [5, 5.41) is 6.06. The lowest BCUT2D eigenvalue weighted by atomic mass is 9.97. The summed E-state index contributed by atoms with van der Waals surface area (Å²) in [7, 11) is 0. The van der Waals surface area contributed by atoms with Gasteiger partial charge in [-0.15, -0.1) is 0 Å². The van der Waals surface area contributed by atoms with Gasteiger partial charge in [0.05, 0.1) is 13.2 Å². The topological polar surface area (TPSA) is 70.7 Å². The van der Waals surface area contributed by atoms with Crippen LogP contribution in [0.3, 0.4) is 0 Å². The lowest BCUT2D eigenvalue weighted by molar-refractivity contribution is 0.0342. The van der Waals surface area contributed by atoms with Crippen LogP contribution in [0.2, 0.25) is 0 Å². The number of hydrogen-bond donors (Lipinski definition) is 2. The summed E-state index contributed by atoms with van der Waals surface area (Å²) >= 11 is 0. The van der Waals surface area contributed by atoms with Gasteiger partial charge in [0.2, 0.25) is 0 Å². The molecule has 5 rings (SSSR count). The van der Waals surface area contributed by atoms with Crippen LogP contribution < -0.4 is 10.6 Å². The van der Waals surface area contributed by atoms with E-state index in [0.29, 0.717) is 23.7 Å². The Labute approximate surface area is 212 Å². The quantitative estimate of drug-likeness (QED) is 0.501. The SMILES string of the molecule is Cc1ccc(C(=O)NC2CC2)cc1-c1ccc(C(=O)NCc2ccc(CN3CCOCC3)cc2)cc1. The Morgan fingerprint density at radius 3 is 2.22 bits per heavy atom. The minimum atomic E-state index is -0.103. The van der Waals surface area contributed by atoms with Gasteiger partial charge in [0, 0.05) is 43.3 Å². The molecule has 0 radical (unpaired) electrons. The molecule has 1 aliphatic heterocycles. The Hall–Kier alpha value is -3.48. The van der Waals surface area contributed by atoms with Crippen molar-refractivity contribution in [2.45, 2.75) is 38.9 Å². The number of morpholine rings is 1. The number of ether oxygens (including phenoxy) is 1. The van der Waals surface area contributed by atoms with Crippen molar-refractivity contribution in [1.82, 2.24) is 15.5 Å². The Kier molecular flexibility index (Phi) is 7.44. The second-order valence-corrected chi connectivity index (χ2v) is 9.74. The second kappa shape index (κ2) is 11.1. The first-order valence-corrected chi connectivity index (χ1v) is 12.7. The predicted octanol–water partition coefficient (Wildman–Crippen LogP) is 4.32. The smallest absolute Gasteiger partial charge is 0.251 e. The van der Waals surface area contributed by atoms with Crippen LogP contribution in [0.4, 0.5) is 0 Å². The molecule has 36 heavy (non-hydrogen) atoms. The summed E-state index contributed by atoms with van der Waals surface area (Å²) in [5.41, 5.74) is 6.70. The van der Waals surface area contributed by atoms with Crippen molar-refractivity contribution in [2.24, 2.45) is 0 Å². The molecule has 1 saturated heterocycles. The van der Waals surface area contributed by atoms with E-state index in [1.165, 1.54) is 5.56 Å². The zero-order valence-corrected chi connectivity index (χ0v) is 20.8. The van der Waals surface area contributed by atoms with Crippen LogP contribution in [0.25, 0.3) is 11.1 Å². The Bertz CT molecular complexity index is 1210. The first kappa shape index (κ1) is 24.2. The van der Waals surface area contributed by atoms with Crippen LogP contribution in [0.15, 0.2) is 66.7 Å². The highest BCUT2D eigenvalue weighted by atomic mass is 16.5. The molecule has 0 atom stereocenters. The van der Waals surface area contributed by atoms with Crippen molar-refractivity contribution in [3.8, 4) is 11.1 Å². The van der Waals surface area contributed by atoms with Crippen LogP contribution in [0, 0.1) is 6.92 Å². The molecule has 186 valence electrons. The minimum absolute atomic E-state index is 0.0242.